The lowest BCUT2D eigenvalue weighted by molar-refractivity contribution is -0.141. The fourth-order valence-corrected chi connectivity index (χ4v) is 7.19. The van der Waals surface area contributed by atoms with Crippen molar-refractivity contribution in [2.24, 2.45) is 23.7 Å². The summed E-state index contributed by atoms with van der Waals surface area (Å²) in [6.45, 7) is 7.01. The van der Waals surface area contributed by atoms with Crippen LogP contribution in [0.4, 0.5) is 0 Å². The predicted octanol–water partition coefficient (Wildman–Crippen LogP) is 4.04. The number of hydrogen-bond acceptors (Lipinski definition) is 6. The van der Waals surface area contributed by atoms with Gasteiger partial charge in [0.2, 0.25) is 23.6 Å². The summed E-state index contributed by atoms with van der Waals surface area (Å²) >= 11 is 12.2. The predicted molar refractivity (Wildman–Crippen MR) is 160 cm³/mol. The van der Waals surface area contributed by atoms with E-state index < -0.39 is 0 Å². The third-order valence-electron chi connectivity index (χ3n) is 9.00. The molecule has 0 aromatic rings. The van der Waals surface area contributed by atoms with Gasteiger partial charge in [-0.2, -0.15) is 0 Å². The molecule has 8 nitrogen and oxygen atoms in total. The highest BCUT2D eigenvalue weighted by atomic mass is 35.5. The van der Waals surface area contributed by atoms with Crippen molar-refractivity contribution in [3.05, 3.63) is 22.2 Å². The first-order valence-electron chi connectivity index (χ1n) is 14.2. The molecule has 3 fully saturated rings. The second-order valence-corrected chi connectivity index (χ2v) is 12.3. The minimum atomic E-state index is -0.259. The summed E-state index contributed by atoms with van der Waals surface area (Å²) in [6, 6.07) is 0. The third-order valence-corrected chi connectivity index (χ3v) is 9.61. The maximum atomic E-state index is 12.7. The second kappa shape index (κ2) is 14.8. The number of unbranched alkanes of at least 4 members (excludes halogenated alkanes) is 2. The summed E-state index contributed by atoms with van der Waals surface area (Å²) in [5, 5.41) is 1.40. The molecule has 224 valence electrons. The molecule has 0 radical (unpaired) electrons. The van der Waals surface area contributed by atoms with Crippen LogP contribution in [-0.4, -0.2) is 95.6 Å². The van der Waals surface area contributed by atoms with Gasteiger partial charge in [-0.15, -0.1) is 24.8 Å². The van der Waals surface area contributed by atoms with Crippen LogP contribution in [0.3, 0.4) is 0 Å². The van der Waals surface area contributed by atoms with E-state index in [1.807, 2.05) is 12.2 Å². The van der Waals surface area contributed by atoms with E-state index in [1.54, 1.807) is 0 Å². The van der Waals surface area contributed by atoms with Crippen molar-refractivity contribution >= 4 is 71.6 Å². The van der Waals surface area contributed by atoms with Crippen LogP contribution in [0, 0.1) is 23.7 Å². The van der Waals surface area contributed by atoms with Crippen LogP contribution < -0.4 is 0 Å². The number of amides is 4. The summed E-state index contributed by atoms with van der Waals surface area (Å²) in [5.41, 5.74) is 0. The number of imide groups is 2. The van der Waals surface area contributed by atoms with Gasteiger partial charge >= 0.3 is 0 Å². The number of carbonyl (C=O) groups is 4. The van der Waals surface area contributed by atoms with Gasteiger partial charge in [-0.05, 0) is 64.5 Å². The van der Waals surface area contributed by atoms with Gasteiger partial charge in [0.1, 0.15) is 0 Å². The molecule has 4 unspecified atom stereocenters. The molecular formula is C28H40Cl4N4O4. The number of piperazine rings is 1. The number of nitrogens with zero attached hydrogens (tertiary/aromatic N) is 4. The van der Waals surface area contributed by atoms with Gasteiger partial charge in [-0.25, -0.2) is 0 Å². The van der Waals surface area contributed by atoms with Gasteiger partial charge in [0.25, 0.3) is 0 Å². The molecule has 3 aliphatic heterocycles. The van der Waals surface area contributed by atoms with Crippen molar-refractivity contribution < 1.29 is 19.2 Å². The summed E-state index contributed by atoms with van der Waals surface area (Å²) in [7, 11) is 0. The van der Waals surface area contributed by atoms with E-state index >= 15 is 0 Å². The molecule has 4 atom stereocenters. The van der Waals surface area contributed by atoms with Gasteiger partial charge in [-0.3, -0.25) is 29.0 Å². The van der Waals surface area contributed by atoms with E-state index in [9.17, 15) is 19.2 Å². The summed E-state index contributed by atoms with van der Waals surface area (Å²) in [5.74, 6) is -1.07. The highest BCUT2D eigenvalue weighted by molar-refractivity contribution is 6.30. The standard InChI is InChI=1S/C28H38Cl2N4O4.2ClH/c29-19-5-7-21-23(17-19)27(37)33(25(21)35)11-3-1-9-31-13-15-32(16-14-31)10-2-4-12-34-26(36)22-8-6-20(30)18-24(22)28(34)38;;/h5-6,21-24H,1-4,7-18H2;2*1H. The lowest BCUT2D eigenvalue weighted by Gasteiger charge is -2.34. The number of hydrogen-bond donors (Lipinski definition) is 0. The normalized spacial score (nSPS) is 29.1. The smallest absolute Gasteiger partial charge is 0.233 e. The molecule has 0 aromatic heterocycles. The molecule has 12 heteroatoms. The zero-order valence-corrected chi connectivity index (χ0v) is 25.9. The van der Waals surface area contributed by atoms with E-state index in [0.717, 1.165) is 65.0 Å². The Morgan fingerprint density at radius 2 is 0.875 bits per heavy atom. The van der Waals surface area contributed by atoms with Gasteiger partial charge in [0, 0.05) is 49.3 Å². The summed E-state index contributed by atoms with van der Waals surface area (Å²) < 4.78 is 0. The molecule has 4 amide bonds. The molecule has 5 rings (SSSR count). The largest absolute Gasteiger partial charge is 0.301 e. The highest BCUT2D eigenvalue weighted by Gasteiger charge is 2.49. The Hall–Kier alpha value is -1.16. The molecule has 0 aromatic carbocycles. The topological polar surface area (TPSA) is 81.2 Å². The van der Waals surface area contributed by atoms with E-state index in [1.165, 1.54) is 9.80 Å². The summed E-state index contributed by atoms with van der Waals surface area (Å²) in [6.07, 6.45) is 9.51. The number of fused-ring (bicyclic) bond motifs is 2. The fourth-order valence-electron chi connectivity index (χ4n) is 6.68. The van der Waals surface area contributed by atoms with E-state index in [4.69, 9.17) is 23.2 Å². The van der Waals surface area contributed by atoms with E-state index in [0.29, 0.717) is 48.8 Å². The molecule has 3 saturated heterocycles. The second-order valence-electron chi connectivity index (χ2n) is 11.4. The fraction of sp³-hybridized carbons (Fsp3) is 0.714. The Labute approximate surface area is 259 Å². The van der Waals surface area contributed by atoms with Crippen molar-refractivity contribution in [1.29, 1.82) is 0 Å². The van der Waals surface area contributed by atoms with Crippen molar-refractivity contribution in [1.82, 2.24) is 19.6 Å². The van der Waals surface area contributed by atoms with Crippen LogP contribution >= 0.6 is 48.0 Å². The minimum Gasteiger partial charge on any atom is -0.301 e. The maximum absolute atomic E-state index is 12.7. The molecule has 0 saturated carbocycles. The Morgan fingerprint density at radius 3 is 1.25 bits per heavy atom. The van der Waals surface area contributed by atoms with Gasteiger partial charge in [-0.1, -0.05) is 35.4 Å². The third kappa shape index (κ3) is 7.24. The quantitative estimate of drug-likeness (QED) is 0.266. The van der Waals surface area contributed by atoms with Gasteiger partial charge in [0.15, 0.2) is 0 Å². The SMILES string of the molecule is Cl.Cl.O=C1C2CC=C(Cl)CC2C(=O)N1CCCCN1CCN(CCCCN2C(=O)C3CC=C(Cl)CC3C2=O)CC1. The van der Waals surface area contributed by atoms with Crippen molar-refractivity contribution in [3.8, 4) is 0 Å². The van der Waals surface area contributed by atoms with Crippen molar-refractivity contribution in [2.75, 3.05) is 52.4 Å². The molecular weight excluding hydrogens is 598 g/mol. The lowest BCUT2D eigenvalue weighted by atomic mass is 9.85. The molecule has 5 aliphatic rings. The van der Waals surface area contributed by atoms with E-state index in [2.05, 4.69) is 9.80 Å². The Bertz CT molecular complexity index is 950. The lowest BCUT2D eigenvalue weighted by Crippen LogP contribution is -2.47. The molecule has 0 spiro atoms. The first kappa shape index (κ1) is 33.3. The minimum absolute atomic E-state index is 0. The van der Waals surface area contributed by atoms with Crippen molar-refractivity contribution in [2.45, 2.75) is 51.4 Å². The first-order chi connectivity index (χ1) is 18.3. The van der Waals surface area contributed by atoms with E-state index in [-0.39, 0.29) is 72.1 Å². The average molecular weight is 638 g/mol. The van der Waals surface area contributed by atoms with Crippen LogP contribution in [-0.2, 0) is 19.2 Å². The van der Waals surface area contributed by atoms with Crippen LogP contribution in [0.2, 0.25) is 0 Å². The number of allylic oxidation sites excluding steroid dienone is 4. The number of halogens is 4. The zero-order chi connectivity index (χ0) is 26.8. The maximum Gasteiger partial charge on any atom is 0.233 e. The highest BCUT2D eigenvalue weighted by Crippen LogP contribution is 2.40. The molecule has 0 N–H and O–H groups in total. The number of likely N-dealkylation sites (tertiary alicyclic amines) is 2. The Morgan fingerprint density at radius 1 is 0.550 bits per heavy atom. The Balaban J connectivity index is 0.00000220. The number of carbonyl (C=O) groups excluding carboxylic acids is 4. The number of rotatable bonds is 10. The average Bonchev–Trinajstić information content (AvgIpc) is 3.28. The molecule has 2 aliphatic carbocycles. The summed E-state index contributed by atoms with van der Waals surface area (Å²) in [4.78, 5) is 58.5. The zero-order valence-electron chi connectivity index (χ0n) is 22.8. The Kier molecular flexibility index (Phi) is 12.4. The van der Waals surface area contributed by atoms with Crippen LogP contribution in [0.1, 0.15) is 51.4 Å². The molecule has 40 heavy (non-hydrogen) atoms. The molecule has 0 bridgehead atoms. The first-order valence-corrected chi connectivity index (χ1v) is 14.9. The van der Waals surface area contributed by atoms with Crippen molar-refractivity contribution in [3.63, 3.8) is 0 Å². The van der Waals surface area contributed by atoms with Gasteiger partial charge < -0.3 is 9.80 Å². The molecule has 3 heterocycles. The monoisotopic (exact) mass is 636 g/mol. The van der Waals surface area contributed by atoms with Crippen LogP contribution in [0.15, 0.2) is 22.2 Å². The van der Waals surface area contributed by atoms with Crippen LogP contribution in [0.5, 0.6) is 0 Å². The van der Waals surface area contributed by atoms with Crippen LogP contribution in [0.25, 0.3) is 0 Å². The van der Waals surface area contributed by atoms with Gasteiger partial charge in [0.05, 0.1) is 23.7 Å².